The lowest BCUT2D eigenvalue weighted by Gasteiger charge is -2.34. The average molecular weight is 338 g/mol. The number of carbonyl (C=O) groups is 1. The number of likely N-dealkylation sites (tertiary alicyclic amines) is 1. The molecule has 0 spiro atoms. The molecular formula is C17H26N2O3S. The lowest BCUT2D eigenvalue weighted by Crippen LogP contribution is -2.44. The molecule has 1 saturated heterocycles. The highest BCUT2D eigenvalue weighted by molar-refractivity contribution is 7.84. The highest BCUT2D eigenvalue weighted by Crippen LogP contribution is 2.20. The molecule has 2 atom stereocenters. The van der Waals surface area contributed by atoms with Crippen molar-refractivity contribution in [3.8, 4) is 0 Å². The molecule has 2 rings (SSSR count). The van der Waals surface area contributed by atoms with E-state index in [1.165, 1.54) is 0 Å². The summed E-state index contributed by atoms with van der Waals surface area (Å²) in [7, 11) is -0.935. The zero-order valence-electron chi connectivity index (χ0n) is 14.2. The third kappa shape index (κ3) is 6.29. The molecule has 6 heteroatoms. The van der Waals surface area contributed by atoms with E-state index in [9.17, 15) is 9.00 Å². The Morgan fingerprint density at radius 1 is 1.48 bits per heavy atom. The first-order valence-corrected chi connectivity index (χ1v) is 9.54. The highest BCUT2D eigenvalue weighted by atomic mass is 32.2. The van der Waals surface area contributed by atoms with Crippen LogP contribution < -0.4 is 0 Å². The van der Waals surface area contributed by atoms with E-state index in [2.05, 4.69) is 4.98 Å². The summed E-state index contributed by atoms with van der Waals surface area (Å²) in [6.07, 6.45) is 5.16. The predicted molar refractivity (Wildman–Crippen MR) is 91.5 cm³/mol. The minimum absolute atomic E-state index is 0.264. The molecular weight excluding hydrogens is 312 g/mol. The fourth-order valence-electron chi connectivity index (χ4n) is 2.68. The monoisotopic (exact) mass is 338 g/mol. The molecule has 1 aliphatic heterocycles. The zero-order valence-corrected chi connectivity index (χ0v) is 15.0. The van der Waals surface area contributed by atoms with Gasteiger partial charge in [-0.2, -0.15) is 0 Å². The van der Waals surface area contributed by atoms with E-state index < -0.39 is 16.4 Å². The summed E-state index contributed by atoms with van der Waals surface area (Å²) in [5.74, 6) is 1.42. The molecule has 0 unspecified atom stereocenters. The molecule has 1 fully saturated rings. The summed E-state index contributed by atoms with van der Waals surface area (Å²) in [5.41, 5.74) is 0.512. The molecule has 2 heterocycles. The number of carbonyl (C=O) groups excluding carboxylic acids is 1. The molecule has 1 aromatic rings. The van der Waals surface area contributed by atoms with Crippen molar-refractivity contribution in [3.63, 3.8) is 0 Å². The molecule has 0 N–H and O–H groups in total. The van der Waals surface area contributed by atoms with Gasteiger partial charge in [-0.15, -0.1) is 0 Å². The van der Waals surface area contributed by atoms with E-state index in [0.717, 1.165) is 24.9 Å². The average Bonchev–Trinajstić information content (AvgIpc) is 2.46. The van der Waals surface area contributed by atoms with Crippen molar-refractivity contribution in [1.82, 2.24) is 9.88 Å². The highest BCUT2D eigenvalue weighted by Gasteiger charge is 2.28. The summed E-state index contributed by atoms with van der Waals surface area (Å²) in [6, 6.07) is 3.80. The van der Waals surface area contributed by atoms with Gasteiger partial charge in [0.05, 0.1) is 5.75 Å². The van der Waals surface area contributed by atoms with E-state index in [0.29, 0.717) is 18.1 Å². The summed E-state index contributed by atoms with van der Waals surface area (Å²) >= 11 is 0. The van der Waals surface area contributed by atoms with Crippen molar-refractivity contribution < 1.29 is 13.7 Å². The van der Waals surface area contributed by atoms with Crippen molar-refractivity contribution in [2.75, 3.05) is 18.8 Å². The summed E-state index contributed by atoms with van der Waals surface area (Å²) in [4.78, 5) is 18.0. The van der Waals surface area contributed by atoms with Gasteiger partial charge in [-0.3, -0.25) is 9.19 Å². The van der Waals surface area contributed by atoms with E-state index in [-0.39, 0.29) is 12.0 Å². The summed E-state index contributed by atoms with van der Waals surface area (Å²) < 4.78 is 17.8. The number of nitrogens with zero attached hydrogens (tertiary/aromatic N) is 2. The smallest absolute Gasteiger partial charge is 0.410 e. The quantitative estimate of drug-likeness (QED) is 0.847. The second-order valence-corrected chi connectivity index (χ2v) is 8.55. The van der Waals surface area contributed by atoms with Crippen molar-refractivity contribution in [3.05, 3.63) is 30.1 Å². The Balaban J connectivity index is 1.84. The molecule has 0 aromatic carbocycles. The number of pyridine rings is 1. The van der Waals surface area contributed by atoms with Gasteiger partial charge < -0.3 is 9.64 Å². The van der Waals surface area contributed by atoms with Gasteiger partial charge >= 0.3 is 6.09 Å². The van der Waals surface area contributed by atoms with Crippen LogP contribution in [0.2, 0.25) is 0 Å². The lowest BCUT2D eigenvalue weighted by atomic mass is 10.0. The van der Waals surface area contributed by atoms with E-state index in [1.807, 2.05) is 32.9 Å². The van der Waals surface area contributed by atoms with Gasteiger partial charge in [0.2, 0.25) is 0 Å². The number of rotatable bonds is 4. The molecule has 1 aliphatic rings. The van der Waals surface area contributed by atoms with Crippen LogP contribution in [0.4, 0.5) is 4.79 Å². The number of ether oxygens (including phenoxy) is 1. The Labute approximate surface area is 140 Å². The van der Waals surface area contributed by atoms with E-state index >= 15 is 0 Å². The van der Waals surface area contributed by atoms with Crippen LogP contribution in [0, 0.1) is 5.92 Å². The Bertz CT molecular complexity index is 543. The van der Waals surface area contributed by atoms with Crippen LogP contribution >= 0.6 is 0 Å². The van der Waals surface area contributed by atoms with Crippen LogP contribution in [0.3, 0.4) is 0 Å². The first-order valence-electron chi connectivity index (χ1n) is 8.05. The standard InChI is InChI=1S/C17H26N2O3S/c1-17(2,3)22-16(20)19-9-5-7-15(11-19)13-23(21)12-14-6-4-8-18-10-14/h4,6,8,10,15H,5,7,9,11-13H2,1-3H3/t15-,23+/m0/s1. The van der Waals surface area contributed by atoms with Gasteiger partial charge in [0.1, 0.15) is 5.60 Å². The normalized spacial score (nSPS) is 20.1. The molecule has 1 aromatic heterocycles. The SMILES string of the molecule is CC(C)(C)OC(=O)N1CCC[C@H](C[S@](=O)Cc2cccnc2)C1. The Morgan fingerprint density at radius 3 is 2.91 bits per heavy atom. The van der Waals surface area contributed by atoms with Crippen LogP contribution in [0.15, 0.2) is 24.5 Å². The van der Waals surface area contributed by atoms with Crippen LogP contribution in [-0.2, 0) is 21.3 Å². The topological polar surface area (TPSA) is 59.5 Å². The predicted octanol–water partition coefficient (Wildman–Crippen LogP) is 2.98. The molecule has 0 aliphatic carbocycles. The van der Waals surface area contributed by atoms with Gasteiger partial charge in [0.15, 0.2) is 0 Å². The van der Waals surface area contributed by atoms with Gasteiger partial charge in [0, 0.05) is 42.0 Å². The largest absolute Gasteiger partial charge is 0.444 e. The first-order chi connectivity index (χ1) is 10.8. The first kappa shape index (κ1) is 17.9. The Morgan fingerprint density at radius 2 is 2.26 bits per heavy atom. The van der Waals surface area contributed by atoms with Crippen molar-refractivity contribution >= 4 is 16.9 Å². The van der Waals surface area contributed by atoms with Gasteiger partial charge in [-0.25, -0.2) is 4.79 Å². The fourth-order valence-corrected chi connectivity index (χ4v) is 4.14. The van der Waals surface area contributed by atoms with Crippen LogP contribution in [0.25, 0.3) is 0 Å². The number of aromatic nitrogens is 1. The van der Waals surface area contributed by atoms with Gasteiger partial charge in [-0.1, -0.05) is 6.07 Å². The lowest BCUT2D eigenvalue weighted by molar-refractivity contribution is 0.0176. The number of piperidine rings is 1. The van der Waals surface area contributed by atoms with Crippen molar-refractivity contribution in [2.45, 2.75) is 45.0 Å². The van der Waals surface area contributed by atoms with Gasteiger partial charge in [-0.05, 0) is 51.2 Å². The number of amides is 1. The summed E-state index contributed by atoms with van der Waals surface area (Å²) in [5, 5.41) is 0. The number of hydrogen-bond acceptors (Lipinski definition) is 4. The zero-order chi connectivity index (χ0) is 16.9. The Kier molecular flexibility index (Phi) is 6.16. The maximum absolute atomic E-state index is 12.3. The molecule has 0 saturated carbocycles. The maximum atomic E-state index is 12.3. The molecule has 1 amide bonds. The Hall–Kier alpha value is -1.43. The van der Waals surface area contributed by atoms with Crippen LogP contribution in [-0.4, -0.2) is 44.6 Å². The third-order valence-electron chi connectivity index (χ3n) is 3.64. The second kappa shape index (κ2) is 7.90. The maximum Gasteiger partial charge on any atom is 0.410 e. The van der Waals surface area contributed by atoms with Crippen molar-refractivity contribution in [2.24, 2.45) is 5.92 Å². The fraction of sp³-hybridized carbons (Fsp3) is 0.647. The van der Waals surface area contributed by atoms with E-state index in [1.54, 1.807) is 17.3 Å². The van der Waals surface area contributed by atoms with Gasteiger partial charge in [0.25, 0.3) is 0 Å². The van der Waals surface area contributed by atoms with Crippen LogP contribution in [0.5, 0.6) is 0 Å². The van der Waals surface area contributed by atoms with Crippen molar-refractivity contribution in [1.29, 1.82) is 0 Å². The van der Waals surface area contributed by atoms with E-state index in [4.69, 9.17) is 4.74 Å². The number of hydrogen-bond donors (Lipinski definition) is 0. The third-order valence-corrected chi connectivity index (χ3v) is 5.14. The minimum atomic E-state index is -0.935. The molecule has 128 valence electrons. The second-order valence-electron chi connectivity index (χ2n) is 7.05. The molecule has 5 nitrogen and oxygen atoms in total. The molecule has 23 heavy (non-hydrogen) atoms. The molecule has 0 radical (unpaired) electrons. The minimum Gasteiger partial charge on any atom is -0.444 e. The molecule has 0 bridgehead atoms. The summed E-state index contributed by atoms with van der Waals surface area (Å²) in [6.45, 7) is 6.97. The van der Waals surface area contributed by atoms with Crippen LogP contribution in [0.1, 0.15) is 39.2 Å².